The third-order valence-corrected chi connectivity index (χ3v) is 4.36. The molecule has 1 aliphatic rings. The van der Waals surface area contributed by atoms with Crippen molar-refractivity contribution in [3.63, 3.8) is 0 Å². The van der Waals surface area contributed by atoms with Crippen LogP contribution in [-0.4, -0.2) is 17.0 Å². The molecule has 0 amide bonds. The monoisotopic (exact) mass is 270 g/mol. The summed E-state index contributed by atoms with van der Waals surface area (Å²) in [7, 11) is 0. The molecule has 0 saturated carbocycles. The minimum Gasteiger partial charge on any atom is -0.361 e. The lowest BCUT2D eigenvalue weighted by Gasteiger charge is -2.12. The Bertz CT molecular complexity index is 460. The molecule has 2 rings (SSSR count). The van der Waals surface area contributed by atoms with Crippen molar-refractivity contribution in [2.24, 2.45) is 10.9 Å². The van der Waals surface area contributed by atoms with Crippen LogP contribution in [0.2, 0.25) is 0 Å². The van der Waals surface area contributed by atoms with Crippen LogP contribution < -0.4 is 5.32 Å². The molecule has 0 saturated heterocycles. The van der Waals surface area contributed by atoms with E-state index in [1.54, 1.807) is 11.8 Å². The van der Waals surface area contributed by atoms with Gasteiger partial charge in [0.15, 0.2) is 5.17 Å². The Labute approximate surface area is 110 Å². The molecular weight excluding hydrogens is 254 g/mol. The van der Waals surface area contributed by atoms with E-state index in [9.17, 15) is 8.78 Å². The lowest BCUT2D eigenvalue weighted by Crippen LogP contribution is -2.20. The molecule has 0 radical (unpaired) electrons. The van der Waals surface area contributed by atoms with Gasteiger partial charge in [0, 0.05) is 23.4 Å². The van der Waals surface area contributed by atoms with E-state index >= 15 is 0 Å². The number of amidine groups is 1. The summed E-state index contributed by atoms with van der Waals surface area (Å²) >= 11 is 1.69. The number of thioether (sulfide) groups is 1. The second-order valence-corrected chi connectivity index (χ2v) is 5.86. The number of benzene rings is 1. The van der Waals surface area contributed by atoms with E-state index in [0.717, 1.165) is 17.8 Å². The first-order valence-electron chi connectivity index (χ1n) is 5.95. The minimum absolute atomic E-state index is 0.336. The summed E-state index contributed by atoms with van der Waals surface area (Å²) in [4.78, 5) is 4.37. The predicted molar refractivity (Wildman–Crippen MR) is 71.7 cm³/mol. The molecular formula is C13H16F2N2S. The number of hydrogen-bond donors (Lipinski definition) is 1. The number of rotatable bonds is 3. The zero-order chi connectivity index (χ0) is 13.1. The normalized spacial score (nSPS) is 19.2. The molecule has 1 unspecified atom stereocenters. The number of nitrogens with one attached hydrogen (secondary N) is 1. The van der Waals surface area contributed by atoms with Crippen molar-refractivity contribution in [3.8, 4) is 0 Å². The van der Waals surface area contributed by atoms with Crippen molar-refractivity contribution >= 4 is 16.9 Å². The van der Waals surface area contributed by atoms with Crippen molar-refractivity contribution in [1.29, 1.82) is 0 Å². The molecule has 1 aromatic carbocycles. The van der Waals surface area contributed by atoms with Crippen LogP contribution in [0.25, 0.3) is 0 Å². The van der Waals surface area contributed by atoms with Crippen LogP contribution in [0.15, 0.2) is 23.2 Å². The van der Waals surface area contributed by atoms with Gasteiger partial charge in [0.05, 0.1) is 6.54 Å². The number of aliphatic imine (C=N–C) groups is 1. The largest absolute Gasteiger partial charge is 0.361 e. The van der Waals surface area contributed by atoms with Crippen LogP contribution in [0.5, 0.6) is 0 Å². The lowest BCUT2D eigenvalue weighted by atomic mass is 10.1. The van der Waals surface area contributed by atoms with E-state index in [2.05, 4.69) is 24.2 Å². The van der Waals surface area contributed by atoms with Gasteiger partial charge in [0.1, 0.15) is 11.6 Å². The summed E-state index contributed by atoms with van der Waals surface area (Å²) in [5.74, 6) is -0.504. The quantitative estimate of drug-likeness (QED) is 0.912. The maximum absolute atomic E-state index is 13.4. The number of nitrogens with zero attached hydrogens (tertiary/aromatic N) is 1. The topological polar surface area (TPSA) is 24.4 Å². The Morgan fingerprint density at radius 2 is 2.22 bits per heavy atom. The van der Waals surface area contributed by atoms with E-state index < -0.39 is 11.6 Å². The van der Waals surface area contributed by atoms with Gasteiger partial charge in [-0.15, -0.1) is 0 Å². The van der Waals surface area contributed by atoms with Crippen molar-refractivity contribution in [2.45, 2.75) is 25.6 Å². The van der Waals surface area contributed by atoms with Crippen LogP contribution in [-0.2, 0) is 6.54 Å². The summed E-state index contributed by atoms with van der Waals surface area (Å²) in [6.45, 7) is 5.46. The maximum Gasteiger partial charge on any atom is 0.157 e. The van der Waals surface area contributed by atoms with Gasteiger partial charge in [0.25, 0.3) is 0 Å². The van der Waals surface area contributed by atoms with Crippen LogP contribution in [0.1, 0.15) is 19.4 Å². The molecule has 98 valence electrons. The first kappa shape index (κ1) is 13.3. The average molecular weight is 270 g/mol. The molecule has 0 fully saturated rings. The molecule has 0 aromatic heterocycles. The fourth-order valence-electron chi connectivity index (χ4n) is 1.67. The summed E-state index contributed by atoms with van der Waals surface area (Å²) in [5.41, 5.74) is 0.452. The number of hydrogen-bond acceptors (Lipinski definition) is 3. The highest BCUT2D eigenvalue weighted by atomic mass is 32.2. The minimum atomic E-state index is -0.552. The van der Waals surface area contributed by atoms with Crippen molar-refractivity contribution in [2.75, 3.05) is 6.54 Å². The predicted octanol–water partition coefficient (Wildman–Crippen LogP) is 3.18. The molecule has 1 aliphatic heterocycles. The van der Waals surface area contributed by atoms with Gasteiger partial charge in [-0.3, -0.25) is 4.99 Å². The van der Waals surface area contributed by atoms with Crippen molar-refractivity contribution < 1.29 is 8.78 Å². The zero-order valence-electron chi connectivity index (χ0n) is 10.4. The molecule has 1 heterocycles. The SMILES string of the molecule is CC(C)C1CN=C(NCc2ccc(F)cc2F)S1. The first-order chi connectivity index (χ1) is 8.56. The summed E-state index contributed by atoms with van der Waals surface area (Å²) < 4.78 is 26.1. The third-order valence-electron chi connectivity index (χ3n) is 2.87. The molecule has 0 aliphatic carbocycles. The Morgan fingerprint density at radius 3 is 2.83 bits per heavy atom. The fraction of sp³-hybridized carbons (Fsp3) is 0.462. The van der Waals surface area contributed by atoms with Gasteiger partial charge >= 0.3 is 0 Å². The molecule has 5 heteroatoms. The van der Waals surface area contributed by atoms with Crippen LogP contribution in [0, 0.1) is 17.6 Å². The van der Waals surface area contributed by atoms with E-state index in [-0.39, 0.29) is 0 Å². The van der Waals surface area contributed by atoms with Crippen LogP contribution >= 0.6 is 11.8 Å². The molecule has 0 bridgehead atoms. The highest BCUT2D eigenvalue weighted by molar-refractivity contribution is 8.14. The molecule has 18 heavy (non-hydrogen) atoms. The zero-order valence-corrected chi connectivity index (χ0v) is 11.2. The van der Waals surface area contributed by atoms with Gasteiger partial charge in [-0.05, 0) is 12.0 Å². The summed E-state index contributed by atoms with van der Waals surface area (Å²) in [6.07, 6.45) is 0. The smallest absolute Gasteiger partial charge is 0.157 e. The first-order valence-corrected chi connectivity index (χ1v) is 6.83. The fourth-order valence-corrected chi connectivity index (χ4v) is 2.68. The molecule has 0 spiro atoms. The van der Waals surface area contributed by atoms with Crippen LogP contribution in [0.3, 0.4) is 0 Å². The molecule has 1 aromatic rings. The van der Waals surface area contributed by atoms with E-state index in [1.165, 1.54) is 12.1 Å². The highest BCUT2D eigenvalue weighted by Gasteiger charge is 2.22. The van der Waals surface area contributed by atoms with Gasteiger partial charge in [-0.25, -0.2) is 8.78 Å². The number of halogens is 2. The third kappa shape index (κ3) is 3.22. The van der Waals surface area contributed by atoms with Crippen molar-refractivity contribution in [1.82, 2.24) is 5.32 Å². The van der Waals surface area contributed by atoms with E-state index in [0.29, 0.717) is 23.3 Å². The van der Waals surface area contributed by atoms with Crippen molar-refractivity contribution in [3.05, 3.63) is 35.4 Å². The van der Waals surface area contributed by atoms with Gasteiger partial charge in [0.2, 0.25) is 0 Å². The Morgan fingerprint density at radius 1 is 1.44 bits per heavy atom. The van der Waals surface area contributed by atoms with Gasteiger partial charge in [-0.1, -0.05) is 31.7 Å². The second kappa shape index (κ2) is 5.69. The Balaban J connectivity index is 1.89. The summed E-state index contributed by atoms with van der Waals surface area (Å²) in [5, 5.41) is 4.43. The maximum atomic E-state index is 13.4. The van der Waals surface area contributed by atoms with Crippen LogP contribution in [0.4, 0.5) is 8.78 Å². The molecule has 1 atom stereocenters. The standard InChI is InChI=1S/C13H16F2N2S/c1-8(2)12-7-17-13(18-12)16-6-9-3-4-10(14)5-11(9)15/h3-5,8,12H,6-7H2,1-2H3,(H,16,17). The van der Waals surface area contributed by atoms with Gasteiger partial charge < -0.3 is 5.32 Å². The summed E-state index contributed by atoms with van der Waals surface area (Å²) in [6, 6.07) is 3.62. The highest BCUT2D eigenvalue weighted by Crippen LogP contribution is 2.26. The average Bonchev–Trinajstić information content (AvgIpc) is 2.76. The molecule has 1 N–H and O–H groups in total. The molecule has 2 nitrogen and oxygen atoms in total. The van der Waals surface area contributed by atoms with E-state index in [1.807, 2.05) is 0 Å². The lowest BCUT2D eigenvalue weighted by molar-refractivity contribution is 0.570. The second-order valence-electron chi connectivity index (χ2n) is 4.64. The Hall–Kier alpha value is -1.10. The van der Waals surface area contributed by atoms with E-state index in [4.69, 9.17) is 0 Å². The Kier molecular flexibility index (Phi) is 4.22. The van der Waals surface area contributed by atoms with Gasteiger partial charge in [-0.2, -0.15) is 0 Å².